The number of hydrogen-bond acceptors (Lipinski definition) is 0. The first-order valence-corrected chi connectivity index (χ1v) is 13.7. The monoisotopic (exact) mass is 394 g/mol. The number of hydrogen-bond donors (Lipinski definition) is 0. The Balaban J connectivity index is 3.16. The Kier molecular flexibility index (Phi) is 23.3. The van der Waals surface area contributed by atoms with E-state index < -0.39 is 0 Å². The van der Waals surface area contributed by atoms with Crippen molar-refractivity contribution in [2.24, 2.45) is 11.8 Å². The van der Waals surface area contributed by atoms with E-state index in [-0.39, 0.29) is 0 Å². The highest BCUT2D eigenvalue weighted by Crippen LogP contribution is 2.19. The second-order valence-electron chi connectivity index (χ2n) is 10.00. The molecule has 0 amide bonds. The Labute approximate surface area is 181 Å². The molecule has 0 heteroatoms. The van der Waals surface area contributed by atoms with E-state index in [0.717, 1.165) is 11.8 Å². The molecule has 0 aliphatic heterocycles. The van der Waals surface area contributed by atoms with Crippen LogP contribution in [0, 0.1) is 11.8 Å². The average Bonchev–Trinajstić information content (AvgIpc) is 2.70. The average molecular weight is 395 g/mol. The molecule has 170 valence electrons. The Hall–Kier alpha value is 0. The van der Waals surface area contributed by atoms with Crippen molar-refractivity contribution in [2.75, 3.05) is 0 Å². The molecule has 0 spiro atoms. The van der Waals surface area contributed by atoms with Crippen LogP contribution in [0.2, 0.25) is 0 Å². The third-order valence-electron chi connectivity index (χ3n) is 6.89. The van der Waals surface area contributed by atoms with Gasteiger partial charge in [-0.3, -0.25) is 0 Å². The molecule has 2 atom stereocenters. The molecule has 0 heterocycles. The minimum absolute atomic E-state index is 0.946. The number of rotatable bonds is 23. The van der Waals surface area contributed by atoms with E-state index in [2.05, 4.69) is 27.7 Å². The van der Waals surface area contributed by atoms with Crippen LogP contribution in [0.5, 0.6) is 0 Å². The van der Waals surface area contributed by atoms with Gasteiger partial charge in [-0.15, -0.1) is 0 Å². The van der Waals surface area contributed by atoms with Gasteiger partial charge in [-0.25, -0.2) is 0 Å². The lowest BCUT2D eigenvalue weighted by molar-refractivity contribution is 0.428. The third kappa shape index (κ3) is 22.3. The van der Waals surface area contributed by atoms with Crippen LogP contribution >= 0.6 is 0 Å². The summed E-state index contributed by atoms with van der Waals surface area (Å²) in [6.45, 7) is 9.52. The van der Waals surface area contributed by atoms with Crippen molar-refractivity contribution in [2.45, 2.75) is 169 Å². The van der Waals surface area contributed by atoms with Gasteiger partial charge < -0.3 is 0 Å². The lowest BCUT2D eigenvalue weighted by Gasteiger charge is -2.11. The van der Waals surface area contributed by atoms with E-state index >= 15 is 0 Å². The second-order valence-corrected chi connectivity index (χ2v) is 10.00. The summed E-state index contributed by atoms with van der Waals surface area (Å²) >= 11 is 0. The van der Waals surface area contributed by atoms with E-state index in [1.807, 2.05) is 0 Å². The standard InChI is InChI=1S/C28H58/c1-5-7-8-9-10-11-12-13-15-19-22-25-28(4)26-23-20-17-14-16-18-21-24-27(3)6-2/h27-28H,5-26H2,1-4H3. The van der Waals surface area contributed by atoms with Crippen molar-refractivity contribution in [3.05, 3.63) is 0 Å². The van der Waals surface area contributed by atoms with E-state index in [4.69, 9.17) is 0 Å². The van der Waals surface area contributed by atoms with Crippen molar-refractivity contribution >= 4 is 0 Å². The zero-order valence-corrected chi connectivity index (χ0v) is 20.7. The van der Waals surface area contributed by atoms with E-state index in [1.54, 1.807) is 0 Å². The summed E-state index contributed by atoms with van der Waals surface area (Å²) in [5.74, 6) is 1.91. The zero-order chi connectivity index (χ0) is 20.7. The topological polar surface area (TPSA) is 0 Å². The molecule has 0 rings (SSSR count). The molecule has 0 aromatic rings. The molecular weight excluding hydrogens is 336 g/mol. The summed E-state index contributed by atoms with van der Waals surface area (Å²) in [6, 6.07) is 0. The predicted molar refractivity (Wildman–Crippen MR) is 131 cm³/mol. The summed E-state index contributed by atoms with van der Waals surface area (Å²) < 4.78 is 0. The first-order chi connectivity index (χ1) is 13.7. The van der Waals surface area contributed by atoms with E-state index in [9.17, 15) is 0 Å². The van der Waals surface area contributed by atoms with Crippen LogP contribution in [0.1, 0.15) is 169 Å². The first kappa shape index (κ1) is 28.0. The van der Waals surface area contributed by atoms with Gasteiger partial charge >= 0.3 is 0 Å². The molecule has 0 fully saturated rings. The van der Waals surface area contributed by atoms with Crippen molar-refractivity contribution in [3.63, 3.8) is 0 Å². The van der Waals surface area contributed by atoms with Crippen molar-refractivity contribution in [1.29, 1.82) is 0 Å². The maximum Gasteiger partial charge on any atom is -0.0443 e. The van der Waals surface area contributed by atoms with Crippen LogP contribution in [0.3, 0.4) is 0 Å². The van der Waals surface area contributed by atoms with E-state index in [1.165, 1.54) is 141 Å². The quantitative estimate of drug-likeness (QED) is 0.151. The molecule has 2 unspecified atom stereocenters. The molecule has 0 aromatic carbocycles. The minimum atomic E-state index is 0.946. The van der Waals surface area contributed by atoms with Gasteiger partial charge in [0.05, 0.1) is 0 Å². The molecule has 0 aliphatic rings. The molecule has 0 radical (unpaired) electrons. The van der Waals surface area contributed by atoms with Crippen molar-refractivity contribution in [1.82, 2.24) is 0 Å². The lowest BCUT2D eigenvalue weighted by atomic mass is 9.95. The Morgan fingerprint density at radius 3 is 0.964 bits per heavy atom. The smallest absolute Gasteiger partial charge is 0.0443 e. The van der Waals surface area contributed by atoms with Gasteiger partial charge in [0.15, 0.2) is 0 Å². The summed E-state index contributed by atoms with van der Waals surface area (Å²) in [6.07, 6.45) is 32.2. The minimum Gasteiger partial charge on any atom is -0.0654 e. The fourth-order valence-corrected chi connectivity index (χ4v) is 4.37. The van der Waals surface area contributed by atoms with Gasteiger partial charge in [-0.1, -0.05) is 169 Å². The Bertz CT molecular complexity index is 269. The first-order valence-electron chi connectivity index (χ1n) is 13.7. The van der Waals surface area contributed by atoms with Crippen LogP contribution in [-0.2, 0) is 0 Å². The summed E-state index contributed by atoms with van der Waals surface area (Å²) in [5.41, 5.74) is 0. The largest absolute Gasteiger partial charge is 0.0654 e. The van der Waals surface area contributed by atoms with Gasteiger partial charge in [-0.2, -0.15) is 0 Å². The fraction of sp³-hybridized carbons (Fsp3) is 1.00. The van der Waals surface area contributed by atoms with Gasteiger partial charge in [0.2, 0.25) is 0 Å². The molecule has 28 heavy (non-hydrogen) atoms. The third-order valence-corrected chi connectivity index (χ3v) is 6.89. The zero-order valence-electron chi connectivity index (χ0n) is 20.7. The predicted octanol–water partition coefficient (Wildman–Crippen LogP) is 10.9. The van der Waals surface area contributed by atoms with Gasteiger partial charge in [0.25, 0.3) is 0 Å². The fourth-order valence-electron chi connectivity index (χ4n) is 4.37. The van der Waals surface area contributed by atoms with Crippen LogP contribution < -0.4 is 0 Å². The Morgan fingerprint density at radius 1 is 0.357 bits per heavy atom. The molecular formula is C28H58. The van der Waals surface area contributed by atoms with Gasteiger partial charge in [-0.05, 0) is 11.8 Å². The normalized spacial score (nSPS) is 13.7. The summed E-state index contributed by atoms with van der Waals surface area (Å²) in [4.78, 5) is 0. The summed E-state index contributed by atoms with van der Waals surface area (Å²) in [7, 11) is 0. The molecule has 0 bridgehead atoms. The van der Waals surface area contributed by atoms with Gasteiger partial charge in [0.1, 0.15) is 0 Å². The SMILES string of the molecule is CCCCCCCCCCCCCC(C)CCCCCCCCCC(C)CC. The number of unbranched alkanes of at least 4 members (excludes halogenated alkanes) is 16. The van der Waals surface area contributed by atoms with Crippen molar-refractivity contribution < 1.29 is 0 Å². The molecule has 0 saturated heterocycles. The molecule has 0 saturated carbocycles. The van der Waals surface area contributed by atoms with Gasteiger partial charge in [0, 0.05) is 0 Å². The molecule has 0 aromatic heterocycles. The van der Waals surface area contributed by atoms with Crippen LogP contribution in [0.25, 0.3) is 0 Å². The maximum atomic E-state index is 2.49. The van der Waals surface area contributed by atoms with Crippen LogP contribution in [0.15, 0.2) is 0 Å². The van der Waals surface area contributed by atoms with Crippen molar-refractivity contribution in [3.8, 4) is 0 Å². The molecule has 0 nitrogen and oxygen atoms in total. The molecule has 0 aliphatic carbocycles. The molecule has 0 N–H and O–H groups in total. The summed E-state index contributed by atoms with van der Waals surface area (Å²) in [5, 5.41) is 0. The van der Waals surface area contributed by atoms with Crippen LogP contribution in [-0.4, -0.2) is 0 Å². The van der Waals surface area contributed by atoms with Crippen LogP contribution in [0.4, 0.5) is 0 Å². The second kappa shape index (κ2) is 23.3. The highest BCUT2D eigenvalue weighted by molar-refractivity contribution is 4.57. The van der Waals surface area contributed by atoms with E-state index in [0.29, 0.717) is 0 Å². The highest BCUT2D eigenvalue weighted by Gasteiger charge is 2.02. The Morgan fingerprint density at radius 2 is 0.643 bits per heavy atom. The highest BCUT2D eigenvalue weighted by atomic mass is 14.1. The lowest BCUT2D eigenvalue weighted by Crippen LogP contribution is -1.95. The maximum absolute atomic E-state index is 2.49.